The van der Waals surface area contributed by atoms with Crippen molar-refractivity contribution in [2.24, 2.45) is 17.8 Å². The van der Waals surface area contributed by atoms with Gasteiger partial charge < -0.3 is 5.32 Å². The topological polar surface area (TPSA) is 15.3 Å². The highest BCUT2D eigenvalue weighted by molar-refractivity contribution is 4.88. The van der Waals surface area contributed by atoms with Crippen molar-refractivity contribution < 1.29 is 0 Å². The Balaban J connectivity index is 1.82. The molecule has 2 heterocycles. The second kappa shape index (κ2) is 4.84. The van der Waals surface area contributed by atoms with Gasteiger partial charge in [-0.15, -0.1) is 0 Å². The number of nitrogens with zero attached hydrogens (tertiary/aromatic N) is 1. The fourth-order valence-corrected chi connectivity index (χ4v) is 3.20. The van der Waals surface area contributed by atoms with Crippen LogP contribution < -0.4 is 5.32 Å². The summed E-state index contributed by atoms with van der Waals surface area (Å²) in [6, 6.07) is 0.818. The van der Waals surface area contributed by atoms with E-state index in [0.29, 0.717) is 0 Å². The molecule has 2 aliphatic rings. The summed E-state index contributed by atoms with van der Waals surface area (Å²) in [5.74, 6) is 2.71. The van der Waals surface area contributed by atoms with E-state index in [0.717, 1.165) is 23.8 Å². The van der Waals surface area contributed by atoms with E-state index < -0.39 is 0 Å². The van der Waals surface area contributed by atoms with Crippen LogP contribution in [0, 0.1) is 17.8 Å². The van der Waals surface area contributed by atoms with E-state index in [1.165, 1.54) is 39.0 Å². The second-order valence-electron chi connectivity index (χ2n) is 5.82. The van der Waals surface area contributed by atoms with Crippen LogP contribution in [0.3, 0.4) is 0 Å². The van der Waals surface area contributed by atoms with Crippen LogP contribution in [0.25, 0.3) is 0 Å². The standard InChI is InChI=1S/C13H26N2/c1-10(2)12-4-6-15(7-5-12)13-9-14-8-11(13)3/h10-14H,4-9H2,1-3H3. The van der Waals surface area contributed by atoms with Crippen molar-refractivity contribution in [3.05, 3.63) is 0 Å². The Morgan fingerprint density at radius 1 is 1.13 bits per heavy atom. The monoisotopic (exact) mass is 210 g/mol. The Bertz CT molecular complexity index is 195. The summed E-state index contributed by atoms with van der Waals surface area (Å²) in [6.45, 7) is 12.2. The van der Waals surface area contributed by atoms with E-state index in [2.05, 4.69) is 31.0 Å². The van der Waals surface area contributed by atoms with Gasteiger partial charge in [0.05, 0.1) is 0 Å². The highest BCUT2D eigenvalue weighted by Crippen LogP contribution is 2.27. The van der Waals surface area contributed by atoms with Gasteiger partial charge in [-0.05, 0) is 50.2 Å². The molecule has 2 heteroatoms. The molecule has 0 aromatic heterocycles. The molecule has 1 N–H and O–H groups in total. The molecule has 0 bridgehead atoms. The zero-order valence-corrected chi connectivity index (χ0v) is 10.5. The van der Waals surface area contributed by atoms with Gasteiger partial charge in [0.15, 0.2) is 0 Å². The number of hydrogen-bond acceptors (Lipinski definition) is 2. The molecule has 2 unspecified atom stereocenters. The average Bonchev–Trinajstić information content (AvgIpc) is 2.65. The minimum Gasteiger partial charge on any atom is -0.315 e. The molecule has 2 rings (SSSR count). The summed E-state index contributed by atoms with van der Waals surface area (Å²) in [4.78, 5) is 2.73. The van der Waals surface area contributed by atoms with E-state index in [1.54, 1.807) is 0 Å². The molecule has 15 heavy (non-hydrogen) atoms. The lowest BCUT2D eigenvalue weighted by Gasteiger charge is -2.38. The van der Waals surface area contributed by atoms with Crippen LogP contribution in [0.1, 0.15) is 33.6 Å². The number of piperidine rings is 1. The fraction of sp³-hybridized carbons (Fsp3) is 1.00. The molecular formula is C13H26N2. The highest BCUT2D eigenvalue weighted by atomic mass is 15.2. The Hall–Kier alpha value is -0.0800. The van der Waals surface area contributed by atoms with Gasteiger partial charge in [-0.25, -0.2) is 0 Å². The first-order chi connectivity index (χ1) is 7.18. The van der Waals surface area contributed by atoms with Crippen LogP contribution in [0.5, 0.6) is 0 Å². The van der Waals surface area contributed by atoms with Gasteiger partial charge in [-0.3, -0.25) is 4.90 Å². The lowest BCUT2D eigenvalue weighted by Crippen LogP contribution is -2.45. The number of hydrogen-bond donors (Lipinski definition) is 1. The summed E-state index contributed by atoms with van der Waals surface area (Å²) in [6.07, 6.45) is 2.84. The molecule has 2 saturated heterocycles. The van der Waals surface area contributed by atoms with Gasteiger partial charge in [-0.2, -0.15) is 0 Å². The van der Waals surface area contributed by atoms with Crippen LogP contribution in [-0.4, -0.2) is 37.1 Å². The minimum absolute atomic E-state index is 0.818. The quantitative estimate of drug-likeness (QED) is 0.749. The predicted octanol–water partition coefficient (Wildman–Crippen LogP) is 1.96. The van der Waals surface area contributed by atoms with Gasteiger partial charge in [0.2, 0.25) is 0 Å². The Morgan fingerprint density at radius 2 is 1.80 bits per heavy atom. The van der Waals surface area contributed by atoms with Crippen LogP contribution in [0.2, 0.25) is 0 Å². The minimum atomic E-state index is 0.818. The maximum Gasteiger partial charge on any atom is 0.0258 e. The van der Waals surface area contributed by atoms with E-state index in [-0.39, 0.29) is 0 Å². The molecule has 88 valence electrons. The summed E-state index contributed by atoms with van der Waals surface area (Å²) in [5, 5.41) is 3.51. The summed E-state index contributed by atoms with van der Waals surface area (Å²) >= 11 is 0. The van der Waals surface area contributed by atoms with Crippen LogP contribution in [0.15, 0.2) is 0 Å². The normalized spacial score (nSPS) is 35.2. The van der Waals surface area contributed by atoms with E-state index in [9.17, 15) is 0 Å². The van der Waals surface area contributed by atoms with Gasteiger partial charge in [0, 0.05) is 12.6 Å². The molecule has 0 amide bonds. The van der Waals surface area contributed by atoms with Gasteiger partial charge in [0.1, 0.15) is 0 Å². The van der Waals surface area contributed by atoms with Gasteiger partial charge >= 0.3 is 0 Å². The molecule has 0 radical (unpaired) electrons. The zero-order valence-electron chi connectivity index (χ0n) is 10.5. The predicted molar refractivity (Wildman–Crippen MR) is 65.0 cm³/mol. The first-order valence-electron chi connectivity index (χ1n) is 6.63. The van der Waals surface area contributed by atoms with Crippen molar-refractivity contribution in [1.29, 1.82) is 0 Å². The molecule has 0 aromatic rings. The molecule has 2 aliphatic heterocycles. The molecule has 0 aromatic carbocycles. The number of nitrogens with one attached hydrogen (secondary N) is 1. The lowest BCUT2D eigenvalue weighted by atomic mass is 9.86. The SMILES string of the molecule is CC(C)C1CCN(C2CNCC2C)CC1. The van der Waals surface area contributed by atoms with Crippen LogP contribution >= 0.6 is 0 Å². The molecule has 2 fully saturated rings. The third-order valence-corrected chi connectivity index (χ3v) is 4.46. The van der Waals surface area contributed by atoms with E-state index in [1.807, 2.05) is 0 Å². The van der Waals surface area contributed by atoms with E-state index >= 15 is 0 Å². The molecule has 0 aliphatic carbocycles. The van der Waals surface area contributed by atoms with Crippen molar-refractivity contribution in [2.45, 2.75) is 39.7 Å². The van der Waals surface area contributed by atoms with Gasteiger partial charge in [0.25, 0.3) is 0 Å². The largest absolute Gasteiger partial charge is 0.315 e. The van der Waals surface area contributed by atoms with Crippen molar-refractivity contribution >= 4 is 0 Å². The highest BCUT2D eigenvalue weighted by Gasteiger charge is 2.31. The van der Waals surface area contributed by atoms with Crippen molar-refractivity contribution in [1.82, 2.24) is 10.2 Å². The lowest BCUT2D eigenvalue weighted by molar-refractivity contribution is 0.105. The van der Waals surface area contributed by atoms with Crippen molar-refractivity contribution in [3.8, 4) is 0 Å². The van der Waals surface area contributed by atoms with Crippen molar-refractivity contribution in [3.63, 3.8) is 0 Å². The molecule has 0 saturated carbocycles. The maximum absolute atomic E-state index is 3.51. The van der Waals surface area contributed by atoms with Crippen LogP contribution in [0.4, 0.5) is 0 Å². The van der Waals surface area contributed by atoms with Crippen LogP contribution in [-0.2, 0) is 0 Å². The summed E-state index contributed by atoms with van der Waals surface area (Å²) in [7, 11) is 0. The summed E-state index contributed by atoms with van der Waals surface area (Å²) in [5.41, 5.74) is 0. The third kappa shape index (κ3) is 2.54. The molecule has 2 nitrogen and oxygen atoms in total. The number of rotatable bonds is 2. The Kier molecular flexibility index (Phi) is 3.68. The smallest absolute Gasteiger partial charge is 0.0258 e. The molecule has 0 spiro atoms. The average molecular weight is 210 g/mol. The zero-order chi connectivity index (χ0) is 10.8. The first-order valence-corrected chi connectivity index (χ1v) is 6.63. The van der Waals surface area contributed by atoms with E-state index in [4.69, 9.17) is 0 Å². The first kappa shape index (κ1) is 11.4. The fourth-order valence-electron chi connectivity index (χ4n) is 3.20. The second-order valence-corrected chi connectivity index (χ2v) is 5.82. The molecule has 2 atom stereocenters. The Morgan fingerprint density at radius 3 is 2.27 bits per heavy atom. The number of likely N-dealkylation sites (tertiary alicyclic amines) is 1. The Labute approximate surface area is 94.4 Å². The summed E-state index contributed by atoms with van der Waals surface area (Å²) < 4.78 is 0. The maximum atomic E-state index is 3.51. The van der Waals surface area contributed by atoms with Gasteiger partial charge in [-0.1, -0.05) is 20.8 Å². The molecular weight excluding hydrogens is 184 g/mol. The van der Waals surface area contributed by atoms with Crippen molar-refractivity contribution in [2.75, 3.05) is 26.2 Å². The third-order valence-electron chi connectivity index (χ3n) is 4.46.